The molecule has 2 unspecified atom stereocenters. The molecule has 1 fully saturated rings. The average Bonchev–Trinajstić information content (AvgIpc) is 3.27. The van der Waals surface area contributed by atoms with Gasteiger partial charge in [0.1, 0.15) is 11.7 Å². The van der Waals surface area contributed by atoms with Crippen molar-refractivity contribution in [3.63, 3.8) is 0 Å². The number of carbonyl (C=O) groups excluding carboxylic acids is 3. The number of pyridine rings is 1. The standard InChI is InChI=1S/C25H30BN3O9/c1-13(2)12-18(26-37-21(25(36)38-26)20(31)24(34)35)28-23(33)19(14(3)30)29-22(32)17-11-7-10-16(27-17)15-8-5-4-6-9-15/h4-11,13-14,18-21,30-31H,12H2,1-3H3,(H,28,33)(H,29,32)(H,34,35)/t14-,18+,19+,20?,21?/m1/s1. The lowest BCUT2D eigenvalue weighted by Gasteiger charge is -2.26. The summed E-state index contributed by atoms with van der Waals surface area (Å²) in [4.78, 5) is 53.6. The van der Waals surface area contributed by atoms with Gasteiger partial charge in [0.2, 0.25) is 5.91 Å². The number of rotatable bonds is 11. The average molecular weight is 527 g/mol. The molecule has 5 atom stereocenters. The Balaban J connectivity index is 1.74. The van der Waals surface area contributed by atoms with Gasteiger partial charge >= 0.3 is 19.1 Å². The predicted molar refractivity (Wildman–Crippen MR) is 134 cm³/mol. The highest BCUT2D eigenvalue weighted by Gasteiger charge is 2.50. The lowest BCUT2D eigenvalue weighted by atomic mass is 9.74. The number of aliphatic carboxylic acids is 1. The van der Waals surface area contributed by atoms with E-state index >= 15 is 0 Å². The monoisotopic (exact) mass is 527 g/mol. The third kappa shape index (κ3) is 7.15. The molecule has 1 aliphatic rings. The number of carbonyl (C=O) groups is 4. The summed E-state index contributed by atoms with van der Waals surface area (Å²) in [6.45, 7) is 4.98. The van der Waals surface area contributed by atoms with E-state index in [0.717, 1.165) is 5.56 Å². The van der Waals surface area contributed by atoms with E-state index < -0.39 is 61.2 Å². The molecule has 13 heteroatoms. The van der Waals surface area contributed by atoms with E-state index in [-0.39, 0.29) is 18.0 Å². The van der Waals surface area contributed by atoms with E-state index in [0.29, 0.717) is 5.69 Å². The molecule has 1 aromatic carbocycles. The number of carboxylic acid groups (broad SMARTS) is 1. The molecule has 1 aromatic heterocycles. The zero-order valence-corrected chi connectivity index (χ0v) is 21.1. The van der Waals surface area contributed by atoms with Crippen LogP contribution in [0, 0.1) is 5.92 Å². The van der Waals surface area contributed by atoms with Crippen molar-refractivity contribution in [2.24, 2.45) is 5.92 Å². The number of benzene rings is 1. The van der Waals surface area contributed by atoms with Gasteiger partial charge in [0, 0.05) is 5.56 Å². The van der Waals surface area contributed by atoms with Crippen LogP contribution in [0.2, 0.25) is 0 Å². The Hall–Kier alpha value is -3.81. The Labute approximate surface area is 219 Å². The summed E-state index contributed by atoms with van der Waals surface area (Å²) >= 11 is 0. The number of nitrogens with one attached hydrogen (secondary N) is 2. The SMILES string of the molecule is CC(C)C[C@H](NC(=O)[C@@H](NC(=O)c1cccc(-c2ccccc2)n1)[C@@H](C)O)B1OC(=O)C(C(O)C(=O)O)O1. The minimum absolute atomic E-state index is 0.0297. The quantitative estimate of drug-likeness (QED) is 0.253. The second-order valence-electron chi connectivity index (χ2n) is 9.36. The zero-order valence-electron chi connectivity index (χ0n) is 21.1. The van der Waals surface area contributed by atoms with E-state index in [4.69, 9.17) is 14.4 Å². The number of hydrogen-bond donors (Lipinski definition) is 5. The second kappa shape index (κ2) is 12.6. The molecule has 2 aromatic rings. The number of hydrogen-bond acceptors (Lipinski definition) is 9. The van der Waals surface area contributed by atoms with E-state index in [1.807, 2.05) is 44.2 Å². The van der Waals surface area contributed by atoms with Gasteiger partial charge in [0.05, 0.1) is 17.7 Å². The van der Waals surface area contributed by atoms with Crippen LogP contribution in [0.1, 0.15) is 37.7 Å². The van der Waals surface area contributed by atoms with Gasteiger partial charge in [-0.1, -0.05) is 50.2 Å². The van der Waals surface area contributed by atoms with Gasteiger partial charge in [-0.15, -0.1) is 0 Å². The maximum Gasteiger partial charge on any atom is 0.552 e. The lowest BCUT2D eigenvalue weighted by Crippen LogP contribution is -2.58. The third-order valence-electron chi connectivity index (χ3n) is 5.77. The first-order valence-electron chi connectivity index (χ1n) is 12.1. The highest BCUT2D eigenvalue weighted by atomic mass is 16.7. The molecule has 38 heavy (non-hydrogen) atoms. The molecule has 12 nitrogen and oxygen atoms in total. The van der Waals surface area contributed by atoms with Crippen molar-refractivity contribution in [1.29, 1.82) is 0 Å². The van der Waals surface area contributed by atoms with Crippen LogP contribution in [0.4, 0.5) is 0 Å². The predicted octanol–water partition coefficient (Wildman–Crippen LogP) is 0.174. The topological polar surface area (TPSA) is 184 Å². The molecule has 0 spiro atoms. The van der Waals surface area contributed by atoms with Crippen LogP contribution in [0.15, 0.2) is 48.5 Å². The molecule has 0 radical (unpaired) electrons. The highest BCUT2D eigenvalue weighted by molar-refractivity contribution is 6.51. The molecule has 5 N–H and O–H groups in total. The number of nitrogens with zero attached hydrogens (tertiary/aromatic N) is 1. The van der Waals surface area contributed by atoms with Gasteiger partial charge in [0.25, 0.3) is 5.91 Å². The largest absolute Gasteiger partial charge is 0.552 e. The normalized spacial score (nSPS) is 18.3. The maximum atomic E-state index is 13.1. The molecule has 0 aliphatic carbocycles. The van der Waals surface area contributed by atoms with Gasteiger partial charge in [-0.3, -0.25) is 14.4 Å². The van der Waals surface area contributed by atoms with Crippen molar-refractivity contribution in [1.82, 2.24) is 15.6 Å². The van der Waals surface area contributed by atoms with E-state index in [9.17, 15) is 29.4 Å². The maximum absolute atomic E-state index is 13.1. The van der Waals surface area contributed by atoms with Crippen LogP contribution in [0.3, 0.4) is 0 Å². The number of aromatic nitrogens is 1. The van der Waals surface area contributed by atoms with Gasteiger partial charge in [-0.05, 0) is 31.4 Å². The Bertz CT molecular complexity index is 1160. The highest BCUT2D eigenvalue weighted by Crippen LogP contribution is 2.21. The molecule has 3 rings (SSSR count). The smallest absolute Gasteiger partial charge is 0.506 e. The number of carboxylic acids is 1. The van der Waals surface area contributed by atoms with E-state index in [1.54, 1.807) is 12.1 Å². The summed E-state index contributed by atoms with van der Waals surface area (Å²) in [5.74, 6) is -5.24. The minimum Gasteiger partial charge on any atom is -0.506 e. The van der Waals surface area contributed by atoms with Crippen LogP contribution in [-0.4, -0.2) is 81.5 Å². The zero-order chi connectivity index (χ0) is 28.0. The molecule has 0 bridgehead atoms. The van der Waals surface area contributed by atoms with Crippen molar-refractivity contribution >= 4 is 30.9 Å². The fourth-order valence-corrected chi connectivity index (χ4v) is 3.89. The van der Waals surface area contributed by atoms with Crippen molar-refractivity contribution in [2.75, 3.05) is 0 Å². The van der Waals surface area contributed by atoms with Crippen molar-refractivity contribution in [3.8, 4) is 11.3 Å². The van der Waals surface area contributed by atoms with Crippen molar-refractivity contribution < 1.29 is 43.8 Å². The molecule has 202 valence electrons. The fraction of sp³-hybridized carbons (Fsp3) is 0.400. The van der Waals surface area contributed by atoms with Crippen LogP contribution in [-0.2, 0) is 23.7 Å². The minimum atomic E-state index is -2.15. The van der Waals surface area contributed by atoms with Gasteiger partial charge < -0.3 is 35.3 Å². The Morgan fingerprint density at radius 2 is 1.71 bits per heavy atom. The summed E-state index contributed by atoms with van der Waals surface area (Å²) < 4.78 is 10.4. The number of aliphatic hydroxyl groups excluding tert-OH is 2. The summed E-state index contributed by atoms with van der Waals surface area (Å²) in [7, 11) is -1.39. The van der Waals surface area contributed by atoms with Crippen LogP contribution < -0.4 is 10.6 Å². The van der Waals surface area contributed by atoms with Crippen LogP contribution >= 0.6 is 0 Å². The van der Waals surface area contributed by atoms with Gasteiger partial charge in [-0.25, -0.2) is 9.78 Å². The van der Waals surface area contributed by atoms with Crippen molar-refractivity contribution in [2.45, 2.75) is 57.5 Å². The van der Waals surface area contributed by atoms with Gasteiger partial charge in [0.15, 0.2) is 12.2 Å². The summed E-state index contributed by atoms with van der Waals surface area (Å²) in [5, 5.41) is 34.1. The lowest BCUT2D eigenvalue weighted by molar-refractivity contribution is -0.157. The molecular weight excluding hydrogens is 497 g/mol. The number of amides is 2. The molecule has 0 saturated carbocycles. The molecule has 1 aliphatic heterocycles. The number of aliphatic hydroxyl groups is 2. The molecule has 2 heterocycles. The van der Waals surface area contributed by atoms with Crippen LogP contribution in [0.25, 0.3) is 11.3 Å². The molecular formula is C25H30BN3O9. The summed E-state index contributed by atoms with van der Waals surface area (Å²) in [5.41, 5.74) is 1.37. The second-order valence-corrected chi connectivity index (χ2v) is 9.36. The summed E-state index contributed by atoms with van der Waals surface area (Å²) in [6, 6.07) is 12.6. The first-order valence-corrected chi connectivity index (χ1v) is 12.1. The fourth-order valence-electron chi connectivity index (χ4n) is 3.89. The third-order valence-corrected chi connectivity index (χ3v) is 5.77. The molecule has 1 saturated heterocycles. The summed E-state index contributed by atoms with van der Waals surface area (Å²) in [6.07, 6.45) is -4.99. The first kappa shape index (κ1) is 28.8. The van der Waals surface area contributed by atoms with Crippen molar-refractivity contribution in [3.05, 3.63) is 54.2 Å². The Morgan fingerprint density at radius 3 is 2.32 bits per heavy atom. The van der Waals surface area contributed by atoms with E-state index in [1.165, 1.54) is 13.0 Å². The first-order chi connectivity index (χ1) is 18.0. The van der Waals surface area contributed by atoms with Crippen LogP contribution in [0.5, 0.6) is 0 Å². The molecule has 2 amide bonds. The van der Waals surface area contributed by atoms with Gasteiger partial charge in [-0.2, -0.15) is 0 Å². The Kier molecular flexibility index (Phi) is 9.56. The van der Waals surface area contributed by atoms with E-state index in [2.05, 4.69) is 15.6 Å². The Morgan fingerprint density at radius 1 is 1.03 bits per heavy atom.